The van der Waals surface area contributed by atoms with E-state index in [1.54, 1.807) is 18.2 Å². The van der Waals surface area contributed by atoms with Gasteiger partial charge in [0.15, 0.2) is 0 Å². The first-order chi connectivity index (χ1) is 8.54. The second kappa shape index (κ2) is 6.89. The fourth-order valence-corrected chi connectivity index (χ4v) is 1.87. The summed E-state index contributed by atoms with van der Waals surface area (Å²) in [5, 5.41) is 3.33. The Morgan fingerprint density at radius 2 is 2.11 bits per heavy atom. The van der Waals surface area contributed by atoms with E-state index in [2.05, 4.69) is 19.2 Å². The molecule has 1 unspecified atom stereocenters. The molecule has 0 bridgehead atoms. The van der Waals surface area contributed by atoms with Gasteiger partial charge in [0.25, 0.3) is 0 Å². The molecule has 0 fully saturated rings. The summed E-state index contributed by atoms with van der Waals surface area (Å²) in [5.74, 6) is -0.434. The summed E-state index contributed by atoms with van der Waals surface area (Å²) in [6.45, 7) is 4.30. The molecule has 0 saturated carbocycles. The molecule has 0 heterocycles. The Morgan fingerprint density at radius 1 is 1.39 bits per heavy atom. The van der Waals surface area contributed by atoms with Crippen LogP contribution in [-0.4, -0.2) is 11.9 Å². The van der Waals surface area contributed by atoms with Crippen LogP contribution >= 0.6 is 0 Å². The highest BCUT2D eigenvalue weighted by molar-refractivity contribution is 5.94. The summed E-state index contributed by atoms with van der Waals surface area (Å²) in [6.07, 6.45) is 4.74. The van der Waals surface area contributed by atoms with Crippen molar-refractivity contribution in [3.05, 3.63) is 23.8 Å². The van der Waals surface area contributed by atoms with E-state index in [1.165, 1.54) is 19.3 Å². The third-order valence-electron chi connectivity index (χ3n) is 2.98. The summed E-state index contributed by atoms with van der Waals surface area (Å²) < 4.78 is 0. The van der Waals surface area contributed by atoms with Crippen LogP contribution < -0.4 is 16.8 Å². The van der Waals surface area contributed by atoms with Gasteiger partial charge < -0.3 is 16.8 Å². The van der Waals surface area contributed by atoms with Crippen molar-refractivity contribution in [2.24, 2.45) is 5.73 Å². The van der Waals surface area contributed by atoms with Gasteiger partial charge in [0.1, 0.15) is 0 Å². The minimum atomic E-state index is -0.434. The SMILES string of the molecule is CCCCCC(C)Nc1cc(C(N)=O)ccc1N. The zero-order chi connectivity index (χ0) is 13.5. The Hall–Kier alpha value is -1.71. The first-order valence-electron chi connectivity index (χ1n) is 6.50. The highest BCUT2D eigenvalue weighted by Gasteiger charge is 2.08. The van der Waals surface area contributed by atoms with Gasteiger partial charge in [0, 0.05) is 11.6 Å². The summed E-state index contributed by atoms with van der Waals surface area (Å²) in [5.41, 5.74) is 13.0. The molecule has 0 aliphatic rings. The van der Waals surface area contributed by atoms with E-state index < -0.39 is 5.91 Å². The number of carbonyl (C=O) groups excluding carboxylic acids is 1. The van der Waals surface area contributed by atoms with E-state index in [0.29, 0.717) is 17.3 Å². The number of hydrogen-bond donors (Lipinski definition) is 3. The fraction of sp³-hybridized carbons (Fsp3) is 0.500. The maximum Gasteiger partial charge on any atom is 0.248 e. The van der Waals surface area contributed by atoms with Crippen molar-refractivity contribution in [3.63, 3.8) is 0 Å². The molecule has 1 rings (SSSR count). The molecule has 0 saturated heterocycles. The molecule has 18 heavy (non-hydrogen) atoms. The van der Waals surface area contributed by atoms with Gasteiger partial charge in [-0.25, -0.2) is 0 Å². The third-order valence-corrected chi connectivity index (χ3v) is 2.98. The number of benzene rings is 1. The summed E-state index contributed by atoms with van der Waals surface area (Å²) in [4.78, 5) is 11.1. The van der Waals surface area contributed by atoms with Crippen molar-refractivity contribution >= 4 is 17.3 Å². The molecule has 1 aromatic carbocycles. The van der Waals surface area contributed by atoms with Crippen LogP contribution in [0, 0.1) is 0 Å². The number of hydrogen-bond acceptors (Lipinski definition) is 3. The number of nitrogens with two attached hydrogens (primary N) is 2. The van der Waals surface area contributed by atoms with Crippen molar-refractivity contribution in [1.29, 1.82) is 0 Å². The first kappa shape index (κ1) is 14.4. The van der Waals surface area contributed by atoms with Crippen LogP contribution in [0.3, 0.4) is 0 Å². The van der Waals surface area contributed by atoms with E-state index in [0.717, 1.165) is 12.1 Å². The topological polar surface area (TPSA) is 81.1 Å². The average Bonchev–Trinajstić information content (AvgIpc) is 2.32. The highest BCUT2D eigenvalue weighted by atomic mass is 16.1. The van der Waals surface area contributed by atoms with Crippen molar-refractivity contribution in [2.45, 2.75) is 45.6 Å². The summed E-state index contributed by atoms with van der Waals surface area (Å²) in [7, 11) is 0. The van der Waals surface area contributed by atoms with Crippen LogP contribution in [0.15, 0.2) is 18.2 Å². The normalized spacial score (nSPS) is 12.1. The van der Waals surface area contributed by atoms with Gasteiger partial charge in [-0.15, -0.1) is 0 Å². The van der Waals surface area contributed by atoms with Gasteiger partial charge in [-0.2, -0.15) is 0 Å². The number of amides is 1. The van der Waals surface area contributed by atoms with Crippen molar-refractivity contribution in [3.8, 4) is 0 Å². The fourth-order valence-electron chi connectivity index (χ4n) is 1.87. The smallest absolute Gasteiger partial charge is 0.248 e. The number of nitrogens with one attached hydrogen (secondary N) is 1. The van der Waals surface area contributed by atoms with E-state index in [4.69, 9.17) is 11.5 Å². The van der Waals surface area contributed by atoms with Crippen molar-refractivity contribution in [2.75, 3.05) is 11.1 Å². The molecule has 5 N–H and O–H groups in total. The zero-order valence-corrected chi connectivity index (χ0v) is 11.2. The number of primary amides is 1. The Balaban J connectivity index is 2.65. The van der Waals surface area contributed by atoms with Crippen LogP contribution in [-0.2, 0) is 0 Å². The lowest BCUT2D eigenvalue weighted by Gasteiger charge is -2.17. The predicted octanol–water partition coefficient (Wildman–Crippen LogP) is 2.75. The molecule has 1 amide bonds. The number of anilines is 2. The lowest BCUT2D eigenvalue weighted by molar-refractivity contribution is 0.100. The minimum Gasteiger partial charge on any atom is -0.397 e. The number of unbranched alkanes of at least 4 members (excludes halogenated alkanes) is 2. The molecule has 0 aromatic heterocycles. The number of rotatable bonds is 7. The summed E-state index contributed by atoms with van der Waals surface area (Å²) in [6, 6.07) is 5.40. The van der Waals surface area contributed by atoms with E-state index in [1.807, 2.05) is 0 Å². The van der Waals surface area contributed by atoms with Crippen LogP contribution in [0.5, 0.6) is 0 Å². The lowest BCUT2D eigenvalue weighted by atomic mass is 10.1. The van der Waals surface area contributed by atoms with E-state index in [-0.39, 0.29) is 0 Å². The second-order valence-corrected chi connectivity index (χ2v) is 4.71. The largest absolute Gasteiger partial charge is 0.397 e. The Kier molecular flexibility index (Phi) is 5.49. The highest BCUT2D eigenvalue weighted by Crippen LogP contribution is 2.21. The molecule has 4 nitrogen and oxygen atoms in total. The zero-order valence-electron chi connectivity index (χ0n) is 11.2. The Bertz CT molecular complexity index is 404. The van der Waals surface area contributed by atoms with Crippen LogP contribution in [0.4, 0.5) is 11.4 Å². The molecule has 1 atom stereocenters. The lowest BCUT2D eigenvalue weighted by Crippen LogP contribution is -2.17. The standard InChI is InChI=1S/C14H23N3O/c1-3-4-5-6-10(2)17-13-9-11(14(16)18)7-8-12(13)15/h7-10,17H,3-6,15H2,1-2H3,(H2,16,18). The minimum absolute atomic E-state index is 0.335. The number of carbonyl (C=O) groups is 1. The van der Waals surface area contributed by atoms with Gasteiger partial charge >= 0.3 is 0 Å². The van der Waals surface area contributed by atoms with Gasteiger partial charge in [-0.3, -0.25) is 4.79 Å². The molecule has 0 aliphatic heterocycles. The molecule has 100 valence electrons. The van der Waals surface area contributed by atoms with Crippen LogP contribution in [0.25, 0.3) is 0 Å². The molecule has 0 spiro atoms. The van der Waals surface area contributed by atoms with Gasteiger partial charge in [-0.1, -0.05) is 26.2 Å². The van der Waals surface area contributed by atoms with Gasteiger partial charge in [-0.05, 0) is 31.5 Å². The third kappa shape index (κ3) is 4.28. The Morgan fingerprint density at radius 3 is 2.72 bits per heavy atom. The molecular formula is C14H23N3O. The maximum atomic E-state index is 11.1. The van der Waals surface area contributed by atoms with Gasteiger partial charge in [0.05, 0.1) is 11.4 Å². The Labute approximate surface area is 109 Å². The van der Waals surface area contributed by atoms with Crippen LogP contribution in [0.1, 0.15) is 49.9 Å². The average molecular weight is 249 g/mol. The quantitative estimate of drug-likeness (QED) is 0.513. The molecule has 0 radical (unpaired) electrons. The van der Waals surface area contributed by atoms with E-state index >= 15 is 0 Å². The monoisotopic (exact) mass is 249 g/mol. The molecule has 0 aliphatic carbocycles. The molecule has 4 heteroatoms. The summed E-state index contributed by atoms with van der Waals surface area (Å²) >= 11 is 0. The predicted molar refractivity (Wildman–Crippen MR) is 76.6 cm³/mol. The van der Waals surface area contributed by atoms with Crippen molar-refractivity contribution < 1.29 is 4.79 Å². The van der Waals surface area contributed by atoms with E-state index in [9.17, 15) is 4.79 Å². The first-order valence-corrected chi connectivity index (χ1v) is 6.50. The molecular weight excluding hydrogens is 226 g/mol. The second-order valence-electron chi connectivity index (χ2n) is 4.71. The number of nitrogen functional groups attached to an aromatic ring is 1. The maximum absolute atomic E-state index is 11.1. The van der Waals surface area contributed by atoms with Crippen molar-refractivity contribution in [1.82, 2.24) is 0 Å². The van der Waals surface area contributed by atoms with Gasteiger partial charge in [0.2, 0.25) is 5.91 Å². The van der Waals surface area contributed by atoms with Crippen LogP contribution in [0.2, 0.25) is 0 Å². The molecule has 1 aromatic rings.